The predicted molar refractivity (Wildman–Crippen MR) is 22.7 cm³/mol. The fourth-order valence-electron chi connectivity index (χ4n) is 0. The highest BCUT2D eigenvalue weighted by molar-refractivity contribution is 5.63. The van der Waals surface area contributed by atoms with Gasteiger partial charge < -0.3 is 0 Å². The number of rotatable bonds is 1. The van der Waals surface area contributed by atoms with Gasteiger partial charge in [0, 0.05) is 0 Å². The molecule has 0 N–H and O–H groups in total. The summed E-state index contributed by atoms with van der Waals surface area (Å²) in [5, 5.41) is 0. The topological polar surface area (TPSA) is 17.1 Å². The van der Waals surface area contributed by atoms with Crippen LogP contribution in [-0.4, -0.2) is 6.29 Å². The molecule has 0 aromatic rings. The second kappa shape index (κ2) is 9.96. The number of allylic oxidation sites excluding steroid dienone is 1. The molecule has 0 aliphatic heterocycles. The largest absolute Gasteiger partial charge is 0.299 e. The monoisotopic (exact) mass is 71.0 g/mol. The maximum absolute atomic E-state index is 9.06. The van der Waals surface area contributed by atoms with E-state index in [9.17, 15) is 0 Å². The van der Waals surface area contributed by atoms with E-state index in [0.717, 1.165) is 0 Å². The van der Waals surface area contributed by atoms with E-state index in [0.29, 0.717) is 6.29 Å². The van der Waals surface area contributed by atoms with Crippen molar-refractivity contribution in [2.75, 3.05) is 0 Å². The van der Waals surface area contributed by atoms with Crippen molar-refractivity contribution in [2.45, 2.75) is 0 Å². The molecule has 0 unspecified atom stereocenters. The molecule has 0 saturated heterocycles. The minimum Gasteiger partial charge on any atom is -0.299 e. The van der Waals surface area contributed by atoms with Crippen molar-refractivity contribution in [1.29, 1.82) is 0 Å². The van der Waals surface area contributed by atoms with Gasteiger partial charge in [-0.05, 0) is 6.08 Å². The maximum Gasteiger partial charge on any atom is 0.142 e. The Morgan fingerprint density at radius 3 is 1.80 bits per heavy atom. The molecule has 0 aromatic carbocycles. The molecule has 0 aliphatic carbocycles. The lowest BCUT2D eigenvalue weighted by molar-refractivity contribution is -0.104. The lowest BCUT2D eigenvalue weighted by atomic mass is 10.8. The van der Waals surface area contributed by atoms with E-state index in [2.05, 4.69) is 6.58 Å². The highest BCUT2D eigenvalue weighted by Gasteiger charge is 1.38. The first-order valence-corrected chi connectivity index (χ1v) is 0.977. The van der Waals surface area contributed by atoms with Crippen LogP contribution in [-0.2, 0) is 4.79 Å². The van der Waals surface area contributed by atoms with Crippen LogP contribution in [0.15, 0.2) is 12.7 Å². The normalized spacial score (nSPS) is 4.00. The van der Waals surface area contributed by atoms with Crippen molar-refractivity contribution in [3.63, 3.8) is 0 Å². The molecule has 5 heavy (non-hydrogen) atoms. The van der Waals surface area contributed by atoms with Crippen LogP contribution < -0.4 is 0 Å². The Morgan fingerprint density at radius 2 is 1.80 bits per heavy atom. The van der Waals surface area contributed by atoms with Crippen molar-refractivity contribution in [3.05, 3.63) is 20.1 Å². The second-order valence-corrected chi connectivity index (χ2v) is 0.372. The Balaban J connectivity index is 0. The Labute approximate surface area is 32.3 Å². The zero-order valence-corrected chi connectivity index (χ0v) is 3.27. The van der Waals surface area contributed by atoms with Crippen LogP contribution in [0.3, 0.4) is 0 Å². The highest BCUT2D eigenvalue weighted by atomic mass is 16.1. The van der Waals surface area contributed by atoms with Gasteiger partial charge in [0.25, 0.3) is 0 Å². The molecule has 0 bridgehead atoms. The molecule has 1 heteroatoms. The summed E-state index contributed by atoms with van der Waals surface area (Å²) in [4.78, 5) is 9.06. The molecule has 0 spiro atoms. The summed E-state index contributed by atoms with van der Waals surface area (Å²) in [6, 6.07) is 0. The van der Waals surface area contributed by atoms with Crippen LogP contribution in [0.4, 0.5) is 0 Å². The van der Waals surface area contributed by atoms with E-state index in [1.807, 2.05) is 0 Å². The molecule has 0 atom stereocenters. The molecule has 1 radical (unpaired) electrons. The summed E-state index contributed by atoms with van der Waals surface area (Å²) in [6.07, 6.45) is 1.83. The third-order valence-electron chi connectivity index (χ3n) is 0.0962. The highest BCUT2D eigenvalue weighted by Crippen LogP contribution is 1.35. The predicted octanol–water partition coefficient (Wildman–Crippen LogP) is 0.822. The Bertz CT molecular complexity index is 24.6. The van der Waals surface area contributed by atoms with Gasteiger partial charge in [0.1, 0.15) is 6.29 Å². The van der Waals surface area contributed by atoms with Gasteiger partial charge >= 0.3 is 0 Å². The maximum atomic E-state index is 9.06. The fraction of sp³-hybridized carbons (Fsp3) is 0. The van der Waals surface area contributed by atoms with Gasteiger partial charge in [0.15, 0.2) is 0 Å². The van der Waals surface area contributed by atoms with E-state index in [1.165, 1.54) is 6.08 Å². The number of carbonyl (C=O) groups is 1. The van der Waals surface area contributed by atoms with Crippen molar-refractivity contribution in [2.24, 2.45) is 0 Å². The summed E-state index contributed by atoms with van der Waals surface area (Å²) >= 11 is 0. The summed E-state index contributed by atoms with van der Waals surface area (Å²) < 4.78 is 0. The molecule has 0 saturated carbocycles. The van der Waals surface area contributed by atoms with E-state index >= 15 is 0 Å². The van der Waals surface area contributed by atoms with E-state index in [-0.39, 0.29) is 7.43 Å². The average molecular weight is 71.1 g/mol. The third kappa shape index (κ3) is 40.3. The molecule has 0 aromatic heterocycles. The van der Waals surface area contributed by atoms with E-state index < -0.39 is 0 Å². The van der Waals surface area contributed by atoms with E-state index in [4.69, 9.17) is 4.79 Å². The lowest BCUT2D eigenvalue weighted by Crippen LogP contribution is -1.44. The molecule has 0 rings (SSSR count). The molecule has 0 aliphatic rings. The van der Waals surface area contributed by atoms with Crippen LogP contribution in [0.1, 0.15) is 0 Å². The molecule has 0 amide bonds. The van der Waals surface area contributed by atoms with Gasteiger partial charge in [-0.3, -0.25) is 4.79 Å². The van der Waals surface area contributed by atoms with Crippen molar-refractivity contribution in [3.8, 4) is 0 Å². The Morgan fingerprint density at radius 1 is 1.60 bits per heavy atom. The first-order valence-electron chi connectivity index (χ1n) is 0.977. The summed E-state index contributed by atoms with van der Waals surface area (Å²) in [7, 11) is 0. The zero-order chi connectivity index (χ0) is 3.41. The van der Waals surface area contributed by atoms with Crippen LogP contribution in [0.25, 0.3) is 0 Å². The number of hydrogen-bond acceptors (Lipinski definition) is 1. The van der Waals surface area contributed by atoms with Gasteiger partial charge in [0.2, 0.25) is 0 Å². The SMILES string of the molecule is C=CC=O.[CH3]. The van der Waals surface area contributed by atoms with Gasteiger partial charge in [-0.1, -0.05) is 14.0 Å². The van der Waals surface area contributed by atoms with Gasteiger partial charge in [-0.25, -0.2) is 0 Å². The summed E-state index contributed by atoms with van der Waals surface area (Å²) in [5.74, 6) is 0. The van der Waals surface area contributed by atoms with Crippen molar-refractivity contribution in [1.82, 2.24) is 0 Å². The molecule has 0 fully saturated rings. The zero-order valence-electron chi connectivity index (χ0n) is 3.27. The number of hydrogen-bond donors (Lipinski definition) is 0. The Kier molecular flexibility index (Phi) is 17.6. The van der Waals surface area contributed by atoms with Crippen LogP contribution in [0.2, 0.25) is 0 Å². The van der Waals surface area contributed by atoms with Gasteiger partial charge in [-0.2, -0.15) is 0 Å². The van der Waals surface area contributed by atoms with Gasteiger partial charge in [0.05, 0.1) is 0 Å². The quantitative estimate of drug-likeness (QED) is 0.330. The first-order chi connectivity index (χ1) is 1.91. The van der Waals surface area contributed by atoms with Crippen molar-refractivity contribution >= 4 is 6.29 Å². The minimum atomic E-state index is 0. The lowest BCUT2D eigenvalue weighted by Gasteiger charge is -1.37. The van der Waals surface area contributed by atoms with E-state index in [1.54, 1.807) is 0 Å². The second-order valence-electron chi connectivity index (χ2n) is 0.372. The molecule has 0 heterocycles. The van der Waals surface area contributed by atoms with Crippen LogP contribution in [0, 0.1) is 7.43 Å². The van der Waals surface area contributed by atoms with Crippen molar-refractivity contribution < 1.29 is 4.79 Å². The minimum absolute atomic E-state index is 0. The van der Waals surface area contributed by atoms with Crippen LogP contribution in [0.5, 0.6) is 0 Å². The summed E-state index contributed by atoms with van der Waals surface area (Å²) in [6.45, 7) is 3.11. The summed E-state index contributed by atoms with van der Waals surface area (Å²) in [5.41, 5.74) is 0. The Hall–Kier alpha value is -0.590. The van der Waals surface area contributed by atoms with Gasteiger partial charge in [-0.15, -0.1) is 0 Å². The third-order valence-corrected chi connectivity index (χ3v) is 0.0962. The molecule has 29 valence electrons. The smallest absolute Gasteiger partial charge is 0.142 e. The molecule has 1 nitrogen and oxygen atoms in total. The van der Waals surface area contributed by atoms with Crippen LogP contribution >= 0.6 is 0 Å². The average Bonchev–Trinajstić information content (AvgIpc) is 1.37. The fourth-order valence-corrected chi connectivity index (χ4v) is 0. The molecular formula is C4H7O. The standard InChI is InChI=1S/C3H4O.CH3/c1-2-3-4;/h2-3H,1H2;1H3. The number of aldehydes is 1. The number of carbonyl (C=O) groups excluding carboxylic acids is 1. The first kappa shape index (κ1) is 8.83. The molecular weight excluding hydrogens is 64.0 g/mol.